The number of rotatable bonds is 2. The monoisotopic (exact) mass is 202 g/mol. The van der Waals surface area contributed by atoms with Crippen LogP contribution in [0.4, 0.5) is 0 Å². The van der Waals surface area contributed by atoms with Gasteiger partial charge in [-0.2, -0.15) is 0 Å². The lowest BCUT2D eigenvalue weighted by atomic mass is 9.72. The van der Waals surface area contributed by atoms with Gasteiger partial charge in [-0.3, -0.25) is 4.79 Å². The normalized spacial score (nSPS) is 35.0. The first-order valence-electron chi connectivity index (χ1n) is 5.21. The van der Waals surface area contributed by atoms with Crippen LogP contribution < -0.4 is 0 Å². The van der Waals surface area contributed by atoms with Crippen molar-refractivity contribution in [1.82, 2.24) is 0 Å². The molecular formula is C11H19ClO. The summed E-state index contributed by atoms with van der Waals surface area (Å²) in [5, 5.41) is -0.127. The first-order valence-corrected chi connectivity index (χ1v) is 5.59. The van der Waals surface area contributed by atoms with Crippen LogP contribution >= 0.6 is 11.6 Å². The molecule has 3 atom stereocenters. The number of halogens is 1. The molecule has 0 bridgehead atoms. The predicted molar refractivity (Wildman–Crippen MR) is 55.7 cm³/mol. The fourth-order valence-electron chi connectivity index (χ4n) is 2.28. The van der Waals surface area contributed by atoms with Gasteiger partial charge in [0.2, 0.25) is 5.24 Å². The predicted octanol–water partition coefficient (Wildman–Crippen LogP) is 3.46. The molecule has 0 amide bonds. The molecule has 0 aliphatic heterocycles. The van der Waals surface area contributed by atoms with Crippen LogP contribution in [0.5, 0.6) is 0 Å². The first-order chi connectivity index (χ1) is 6.02. The second-order valence-electron chi connectivity index (χ2n) is 4.71. The molecule has 0 saturated heterocycles. The summed E-state index contributed by atoms with van der Waals surface area (Å²) >= 11 is 5.58. The summed E-state index contributed by atoms with van der Waals surface area (Å²) in [5.41, 5.74) is 0. The smallest absolute Gasteiger partial charge is 0.224 e. The van der Waals surface area contributed by atoms with E-state index in [1.165, 1.54) is 6.42 Å². The molecule has 1 nitrogen and oxygen atoms in total. The fraction of sp³-hybridized carbons (Fsp3) is 0.909. The van der Waals surface area contributed by atoms with E-state index in [0.717, 1.165) is 12.8 Å². The molecule has 1 aliphatic rings. The van der Waals surface area contributed by atoms with Gasteiger partial charge in [0.15, 0.2) is 0 Å². The lowest BCUT2D eigenvalue weighted by Gasteiger charge is -2.34. The molecule has 13 heavy (non-hydrogen) atoms. The van der Waals surface area contributed by atoms with Gasteiger partial charge in [0.25, 0.3) is 0 Å². The van der Waals surface area contributed by atoms with Gasteiger partial charge in [0, 0.05) is 5.92 Å². The van der Waals surface area contributed by atoms with Crippen LogP contribution in [0.15, 0.2) is 0 Å². The third kappa shape index (κ3) is 2.70. The average molecular weight is 203 g/mol. The second-order valence-corrected chi connectivity index (χ2v) is 5.08. The Morgan fingerprint density at radius 1 is 1.38 bits per heavy atom. The van der Waals surface area contributed by atoms with E-state index in [0.29, 0.717) is 17.8 Å². The SMILES string of the molecule is CC(C)[C@H]1CC[C@H](C)[C@@H](C(=O)Cl)C1. The summed E-state index contributed by atoms with van der Waals surface area (Å²) in [6.07, 6.45) is 3.42. The minimum Gasteiger partial charge on any atom is -0.281 e. The van der Waals surface area contributed by atoms with E-state index in [1.807, 2.05) is 0 Å². The molecule has 0 N–H and O–H groups in total. The Morgan fingerprint density at radius 2 is 2.00 bits per heavy atom. The van der Waals surface area contributed by atoms with E-state index >= 15 is 0 Å². The second kappa shape index (κ2) is 4.45. The van der Waals surface area contributed by atoms with Crippen LogP contribution in [0.3, 0.4) is 0 Å². The van der Waals surface area contributed by atoms with Crippen molar-refractivity contribution in [2.45, 2.75) is 40.0 Å². The van der Waals surface area contributed by atoms with Gasteiger partial charge in [-0.05, 0) is 48.6 Å². The quantitative estimate of drug-likeness (QED) is 0.627. The third-order valence-electron chi connectivity index (χ3n) is 3.47. The summed E-state index contributed by atoms with van der Waals surface area (Å²) in [6.45, 7) is 6.61. The molecule has 0 aromatic heterocycles. The highest BCUT2D eigenvalue weighted by atomic mass is 35.5. The van der Waals surface area contributed by atoms with Crippen LogP contribution in [-0.2, 0) is 4.79 Å². The molecular weight excluding hydrogens is 184 g/mol. The van der Waals surface area contributed by atoms with Gasteiger partial charge in [0.05, 0.1) is 0 Å². The maximum atomic E-state index is 11.1. The maximum absolute atomic E-state index is 11.1. The molecule has 1 aliphatic carbocycles. The minimum absolute atomic E-state index is 0.114. The van der Waals surface area contributed by atoms with Crippen molar-refractivity contribution in [3.63, 3.8) is 0 Å². The Hall–Kier alpha value is -0.0400. The number of hydrogen-bond acceptors (Lipinski definition) is 1. The average Bonchev–Trinajstić information content (AvgIpc) is 2.04. The lowest BCUT2D eigenvalue weighted by molar-refractivity contribution is -0.118. The van der Waals surface area contributed by atoms with Crippen LogP contribution in [0.25, 0.3) is 0 Å². The van der Waals surface area contributed by atoms with Crippen LogP contribution in [0, 0.1) is 23.7 Å². The van der Waals surface area contributed by atoms with Crippen LogP contribution in [-0.4, -0.2) is 5.24 Å². The third-order valence-corrected chi connectivity index (χ3v) is 3.75. The molecule has 0 spiro atoms. The number of carbonyl (C=O) groups is 1. The van der Waals surface area contributed by atoms with Crippen molar-refractivity contribution >= 4 is 16.8 Å². The van der Waals surface area contributed by atoms with Crippen molar-refractivity contribution in [2.24, 2.45) is 23.7 Å². The van der Waals surface area contributed by atoms with E-state index in [-0.39, 0.29) is 11.2 Å². The standard InChI is InChI=1S/C11H19ClO/c1-7(2)9-5-4-8(3)10(6-9)11(12)13/h7-10H,4-6H2,1-3H3/t8-,9-,10-/m0/s1. The molecule has 0 aromatic carbocycles. The Balaban J connectivity index is 2.58. The van der Waals surface area contributed by atoms with Gasteiger partial charge in [0.1, 0.15) is 0 Å². The Morgan fingerprint density at radius 3 is 2.46 bits per heavy atom. The number of hydrogen-bond donors (Lipinski definition) is 0. The van der Waals surface area contributed by atoms with Gasteiger partial charge in [-0.1, -0.05) is 20.8 Å². The zero-order valence-electron chi connectivity index (χ0n) is 8.72. The van der Waals surface area contributed by atoms with E-state index in [1.54, 1.807) is 0 Å². The van der Waals surface area contributed by atoms with Gasteiger partial charge >= 0.3 is 0 Å². The molecule has 1 saturated carbocycles. The molecule has 0 radical (unpaired) electrons. The molecule has 1 rings (SSSR count). The molecule has 0 heterocycles. The first kappa shape index (κ1) is 11.0. The van der Waals surface area contributed by atoms with Gasteiger partial charge < -0.3 is 0 Å². The van der Waals surface area contributed by atoms with Crippen LogP contribution in [0.2, 0.25) is 0 Å². The van der Waals surface area contributed by atoms with Crippen molar-refractivity contribution in [2.75, 3.05) is 0 Å². The summed E-state index contributed by atoms with van der Waals surface area (Å²) < 4.78 is 0. The largest absolute Gasteiger partial charge is 0.281 e. The Kier molecular flexibility index (Phi) is 3.78. The Labute approximate surface area is 85.8 Å². The van der Waals surface area contributed by atoms with E-state index < -0.39 is 0 Å². The van der Waals surface area contributed by atoms with E-state index in [2.05, 4.69) is 20.8 Å². The summed E-state index contributed by atoms with van der Waals surface area (Å²) in [4.78, 5) is 11.1. The highest BCUT2D eigenvalue weighted by Crippen LogP contribution is 2.38. The van der Waals surface area contributed by atoms with Crippen molar-refractivity contribution in [1.29, 1.82) is 0 Å². The van der Waals surface area contributed by atoms with Crippen molar-refractivity contribution in [3.8, 4) is 0 Å². The Bertz CT molecular complexity index is 189. The summed E-state index contributed by atoms with van der Waals surface area (Å²) in [6, 6.07) is 0. The highest BCUT2D eigenvalue weighted by Gasteiger charge is 2.32. The summed E-state index contributed by atoms with van der Waals surface area (Å²) in [7, 11) is 0. The molecule has 1 fully saturated rings. The zero-order chi connectivity index (χ0) is 10.0. The molecule has 76 valence electrons. The van der Waals surface area contributed by atoms with Crippen LogP contribution in [0.1, 0.15) is 40.0 Å². The van der Waals surface area contributed by atoms with E-state index in [9.17, 15) is 4.79 Å². The lowest BCUT2D eigenvalue weighted by Crippen LogP contribution is -2.29. The van der Waals surface area contributed by atoms with Crippen molar-refractivity contribution in [3.05, 3.63) is 0 Å². The minimum atomic E-state index is -0.127. The highest BCUT2D eigenvalue weighted by molar-refractivity contribution is 6.64. The number of carbonyl (C=O) groups excluding carboxylic acids is 1. The van der Waals surface area contributed by atoms with E-state index in [4.69, 9.17) is 11.6 Å². The van der Waals surface area contributed by atoms with Gasteiger partial charge in [-0.15, -0.1) is 0 Å². The molecule has 2 heteroatoms. The topological polar surface area (TPSA) is 17.1 Å². The maximum Gasteiger partial charge on any atom is 0.224 e. The van der Waals surface area contributed by atoms with Crippen molar-refractivity contribution < 1.29 is 4.79 Å². The summed E-state index contributed by atoms with van der Waals surface area (Å²) in [5.74, 6) is 1.98. The van der Waals surface area contributed by atoms with Gasteiger partial charge in [-0.25, -0.2) is 0 Å². The molecule has 0 aromatic rings. The molecule has 0 unspecified atom stereocenters. The fourth-order valence-corrected chi connectivity index (χ4v) is 2.58. The zero-order valence-corrected chi connectivity index (χ0v) is 9.47.